The Balaban J connectivity index is 2.04. The maximum Gasteiger partial charge on any atom is 0.475 e. The first kappa shape index (κ1) is 11.9. The van der Waals surface area contributed by atoms with E-state index >= 15 is 0 Å². The van der Waals surface area contributed by atoms with Crippen molar-refractivity contribution in [2.45, 2.75) is 38.7 Å². The van der Waals surface area contributed by atoms with Crippen LogP contribution >= 0.6 is 0 Å². The summed E-state index contributed by atoms with van der Waals surface area (Å²) in [5.41, 5.74) is -0.0232. The van der Waals surface area contributed by atoms with E-state index in [1.165, 1.54) is 0 Å². The molecular weight excluding hydrogens is 207 g/mol. The minimum atomic E-state index is -1.42. The minimum Gasteiger partial charge on any atom is -0.426 e. The molecule has 0 aliphatic carbocycles. The average molecular weight is 226 g/mol. The summed E-state index contributed by atoms with van der Waals surface area (Å²) >= 11 is 0. The number of carbonyl (C=O) groups is 1. The second kappa shape index (κ2) is 4.02. The van der Waals surface area contributed by atoms with Gasteiger partial charge in [0, 0.05) is 18.5 Å². The Bertz CT molecular complexity index is 296. The van der Waals surface area contributed by atoms with Crippen LogP contribution in [0.4, 0.5) is 0 Å². The summed E-state index contributed by atoms with van der Waals surface area (Å²) in [6.07, 6.45) is 1.53. The SMILES string of the molecule is CC1(C)CN[C@@H]1C(=O)N1CCC[C@H]1B(O)O. The lowest BCUT2D eigenvalue weighted by Crippen LogP contribution is -2.67. The lowest BCUT2D eigenvalue weighted by molar-refractivity contribution is -0.140. The lowest BCUT2D eigenvalue weighted by atomic mass is 9.74. The van der Waals surface area contributed by atoms with Gasteiger partial charge in [0.05, 0.1) is 12.0 Å². The maximum absolute atomic E-state index is 12.2. The molecular formula is C10H19BN2O3. The topological polar surface area (TPSA) is 72.8 Å². The number of carbonyl (C=O) groups excluding carboxylic acids is 1. The van der Waals surface area contributed by atoms with E-state index in [0.29, 0.717) is 13.0 Å². The van der Waals surface area contributed by atoms with Gasteiger partial charge in [0.1, 0.15) is 0 Å². The third-order valence-electron chi connectivity index (χ3n) is 3.72. The molecule has 0 unspecified atom stereocenters. The van der Waals surface area contributed by atoms with Gasteiger partial charge in [-0.05, 0) is 12.8 Å². The monoisotopic (exact) mass is 226 g/mol. The van der Waals surface area contributed by atoms with Crippen LogP contribution in [0.1, 0.15) is 26.7 Å². The van der Waals surface area contributed by atoms with Gasteiger partial charge in [-0.3, -0.25) is 4.79 Å². The molecule has 0 aromatic rings. The van der Waals surface area contributed by atoms with Crippen molar-refractivity contribution in [1.29, 1.82) is 0 Å². The normalized spacial score (nSPS) is 32.4. The van der Waals surface area contributed by atoms with Crippen molar-refractivity contribution < 1.29 is 14.8 Å². The Labute approximate surface area is 96.0 Å². The van der Waals surface area contributed by atoms with Crippen molar-refractivity contribution in [3.05, 3.63) is 0 Å². The van der Waals surface area contributed by atoms with Crippen LogP contribution in [0.3, 0.4) is 0 Å². The highest BCUT2D eigenvalue weighted by atomic mass is 16.4. The molecule has 2 aliphatic heterocycles. The van der Waals surface area contributed by atoms with Crippen molar-refractivity contribution in [2.24, 2.45) is 5.41 Å². The van der Waals surface area contributed by atoms with Gasteiger partial charge in [-0.15, -0.1) is 0 Å². The Kier molecular flexibility index (Phi) is 2.98. The van der Waals surface area contributed by atoms with Crippen molar-refractivity contribution in [3.8, 4) is 0 Å². The summed E-state index contributed by atoms with van der Waals surface area (Å²) in [7, 11) is -1.42. The number of hydrogen-bond acceptors (Lipinski definition) is 4. The maximum atomic E-state index is 12.2. The summed E-state index contributed by atoms with van der Waals surface area (Å²) < 4.78 is 0. The Hall–Kier alpha value is -0.585. The van der Waals surface area contributed by atoms with Crippen LogP contribution in [0.5, 0.6) is 0 Å². The summed E-state index contributed by atoms with van der Waals surface area (Å²) in [5, 5.41) is 21.5. The van der Waals surface area contributed by atoms with Gasteiger partial charge in [-0.25, -0.2) is 0 Å². The van der Waals surface area contributed by atoms with Crippen molar-refractivity contribution in [3.63, 3.8) is 0 Å². The second-order valence-electron chi connectivity index (χ2n) is 5.46. The van der Waals surface area contributed by atoms with Gasteiger partial charge in [0.25, 0.3) is 0 Å². The zero-order chi connectivity index (χ0) is 11.9. The molecule has 2 rings (SSSR count). The number of likely N-dealkylation sites (tertiary alicyclic amines) is 1. The van der Waals surface area contributed by atoms with Crippen LogP contribution in [0.15, 0.2) is 0 Å². The van der Waals surface area contributed by atoms with Crippen LogP contribution in [0.25, 0.3) is 0 Å². The highest BCUT2D eigenvalue weighted by Crippen LogP contribution is 2.31. The van der Waals surface area contributed by atoms with Crippen LogP contribution in [0.2, 0.25) is 0 Å². The zero-order valence-electron chi connectivity index (χ0n) is 9.81. The Morgan fingerprint density at radius 3 is 2.62 bits per heavy atom. The molecule has 2 fully saturated rings. The van der Waals surface area contributed by atoms with E-state index < -0.39 is 13.1 Å². The molecule has 2 atom stereocenters. The highest BCUT2D eigenvalue weighted by Gasteiger charge is 2.48. The van der Waals surface area contributed by atoms with E-state index in [-0.39, 0.29) is 17.4 Å². The quantitative estimate of drug-likeness (QED) is 0.527. The number of nitrogens with one attached hydrogen (secondary N) is 1. The first-order valence-corrected chi connectivity index (χ1v) is 5.83. The van der Waals surface area contributed by atoms with Crippen molar-refractivity contribution in [1.82, 2.24) is 10.2 Å². The molecule has 3 N–H and O–H groups in total. The number of hydrogen-bond donors (Lipinski definition) is 3. The van der Waals surface area contributed by atoms with Gasteiger partial charge in [0.15, 0.2) is 0 Å². The number of amides is 1. The summed E-state index contributed by atoms with van der Waals surface area (Å²) in [4.78, 5) is 13.8. The summed E-state index contributed by atoms with van der Waals surface area (Å²) in [5.74, 6) is -0.419. The third kappa shape index (κ3) is 1.85. The molecule has 2 aliphatic rings. The molecule has 90 valence electrons. The fourth-order valence-electron chi connectivity index (χ4n) is 2.58. The van der Waals surface area contributed by atoms with E-state index in [2.05, 4.69) is 5.32 Å². The third-order valence-corrected chi connectivity index (χ3v) is 3.72. The van der Waals surface area contributed by atoms with Gasteiger partial charge >= 0.3 is 7.12 Å². The minimum absolute atomic E-state index is 0.00634. The fraction of sp³-hybridized carbons (Fsp3) is 0.900. The predicted molar refractivity (Wildman–Crippen MR) is 60.5 cm³/mol. The van der Waals surface area contributed by atoms with Crippen molar-refractivity contribution in [2.75, 3.05) is 13.1 Å². The molecule has 2 heterocycles. The molecule has 0 radical (unpaired) electrons. The summed E-state index contributed by atoms with van der Waals surface area (Å²) in [6, 6.07) is -0.174. The molecule has 5 nitrogen and oxygen atoms in total. The molecule has 6 heteroatoms. The average Bonchev–Trinajstić information content (AvgIpc) is 2.64. The lowest BCUT2D eigenvalue weighted by Gasteiger charge is -2.46. The van der Waals surface area contributed by atoms with Crippen LogP contribution in [-0.4, -0.2) is 53.0 Å². The molecule has 16 heavy (non-hydrogen) atoms. The van der Waals surface area contributed by atoms with Crippen LogP contribution in [-0.2, 0) is 4.79 Å². The van der Waals surface area contributed by atoms with E-state index in [1.807, 2.05) is 13.8 Å². The molecule has 0 saturated carbocycles. The molecule has 0 spiro atoms. The van der Waals surface area contributed by atoms with Gasteiger partial charge < -0.3 is 20.3 Å². The molecule has 1 amide bonds. The second-order valence-corrected chi connectivity index (χ2v) is 5.46. The number of rotatable bonds is 2. The molecule has 0 bridgehead atoms. The van der Waals surface area contributed by atoms with E-state index in [0.717, 1.165) is 13.0 Å². The molecule has 0 aromatic heterocycles. The van der Waals surface area contributed by atoms with E-state index in [1.54, 1.807) is 4.90 Å². The smallest absolute Gasteiger partial charge is 0.426 e. The van der Waals surface area contributed by atoms with E-state index in [4.69, 9.17) is 0 Å². The predicted octanol–water partition coefficient (Wildman–Crippen LogP) is -1.01. The highest BCUT2D eigenvalue weighted by molar-refractivity contribution is 6.43. The van der Waals surface area contributed by atoms with Crippen LogP contribution in [0, 0.1) is 5.41 Å². The standard InChI is InChI=1S/C10H19BN2O3/c1-10(2)6-12-8(10)9(14)13-5-3-4-7(13)11(15)16/h7-8,12,15-16H,3-6H2,1-2H3/t7-,8+/m0/s1. The molecule has 2 saturated heterocycles. The first-order valence-electron chi connectivity index (χ1n) is 5.83. The number of nitrogens with zero attached hydrogens (tertiary/aromatic N) is 1. The Morgan fingerprint density at radius 1 is 1.50 bits per heavy atom. The molecule has 0 aromatic carbocycles. The van der Waals surface area contributed by atoms with Crippen LogP contribution < -0.4 is 5.32 Å². The van der Waals surface area contributed by atoms with Crippen molar-refractivity contribution >= 4 is 13.0 Å². The summed E-state index contributed by atoms with van der Waals surface area (Å²) in [6.45, 7) is 5.57. The van der Waals surface area contributed by atoms with Gasteiger partial charge in [0.2, 0.25) is 5.91 Å². The first-order chi connectivity index (χ1) is 7.43. The fourth-order valence-corrected chi connectivity index (χ4v) is 2.58. The Morgan fingerprint density at radius 2 is 2.19 bits per heavy atom. The largest absolute Gasteiger partial charge is 0.475 e. The van der Waals surface area contributed by atoms with Gasteiger partial charge in [-0.1, -0.05) is 13.8 Å². The van der Waals surface area contributed by atoms with Gasteiger partial charge in [-0.2, -0.15) is 0 Å². The zero-order valence-corrected chi connectivity index (χ0v) is 9.81. The van der Waals surface area contributed by atoms with E-state index in [9.17, 15) is 14.8 Å².